The van der Waals surface area contributed by atoms with Crippen molar-refractivity contribution in [2.45, 2.75) is 0 Å². The van der Waals surface area contributed by atoms with Crippen LogP contribution in [0.25, 0.3) is 6.08 Å². The van der Waals surface area contributed by atoms with E-state index in [2.05, 4.69) is 4.72 Å². The molecule has 1 N–H and O–H groups in total. The summed E-state index contributed by atoms with van der Waals surface area (Å²) in [5, 5.41) is 9.68. The lowest BCUT2D eigenvalue weighted by molar-refractivity contribution is 0.481. The maximum atomic E-state index is 13.1. The van der Waals surface area contributed by atoms with Crippen molar-refractivity contribution in [3.63, 3.8) is 0 Å². The number of benzene rings is 4. The fourth-order valence-corrected chi connectivity index (χ4v) is 4.05. The summed E-state index contributed by atoms with van der Waals surface area (Å²) >= 11 is 0. The first kappa shape index (κ1) is 22.6. The molecule has 0 atom stereocenters. The lowest BCUT2D eigenvalue weighted by Gasteiger charge is -2.13. The first-order valence-corrected chi connectivity index (χ1v) is 11.8. The van der Waals surface area contributed by atoms with Gasteiger partial charge in [0.2, 0.25) is 0 Å². The molecule has 0 fully saturated rings. The van der Waals surface area contributed by atoms with E-state index in [1.54, 1.807) is 78.9 Å². The van der Waals surface area contributed by atoms with Gasteiger partial charge in [-0.1, -0.05) is 66.7 Å². The molecule has 0 aliphatic rings. The van der Waals surface area contributed by atoms with Crippen LogP contribution in [0.15, 0.2) is 114 Å². The van der Waals surface area contributed by atoms with Crippen molar-refractivity contribution in [3.05, 3.63) is 120 Å². The quantitative estimate of drug-likeness (QED) is 0.295. The molecule has 0 unspecified atom stereocenters. The molecule has 0 aliphatic heterocycles. The SMILES string of the molecule is N#C/C(=C/c1ccccc1Oc1ccccc1)S(=O)(=O)Nc1ccccc1Oc1ccccc1. The van der Waals surface area contributed by atoms with Gasteiger partial charge in [0.1, 0.15) is 23.3 Å². The molecule has 0 radical (unpaired) electrons. The Hall–Kier alpha value is -4.54. The lowest BCUT2D eigenvalue weighted by atomic mass is 10.2. The molecule has 0 spiro atoms. The number of hydrogen-bond donors (Lipinski definition) is 1. The number of sulfonamides is 1. The molecule has 4 aromatic rings. The zero-order chi connectivity index (χ0) is 23.8. The molecule has 0 bridgehead atoms. The standard InChI is InChI=1S/C27H20N2O4S/c28-20-24(19-21-11-7-9-17-26(21)32-22-12-3-1-4-13-22)34(30,31)29-25-16-8-10-18-27(25)33-23-14-5-2-6-15-23/h1-19,29H/b24-19-. The Balaban J connectivity index is 1.63. The van der Waals surface area contributed by atoms with Crippen LogP contribution in [0.4, 0.5) is 5.69 Å². The minimum atomic E-state index is -4.21. The van der Waals surface area contributed by atoms with Gasteiger partial charge in [0, 0.05) is 5.56 Å². The average molecular weight is 469 g/mol. The second-order valence-corrected chi connectivity index (χ2v) is 8.74. The van der Waals surface area contributed by atoms with Gasteiger partial charge < -0.3 is 9.47 Å². The molecule has 0 saturated heterocycles. The summed E-state index contributed by atoms with van der Waals surface area (Å²) in [6.07, 6.45) is 1.28. The Morgan fingerprint density at radius 3 is 1.82 bits per heavy atom. The Morgan fingerprint density at radius 2 is 1.21 bits per heavy atom. The summed E-state index contributed by atoms with van der Waals surface area (Å²) in [7, 11) is -4.21. The number of nitrogens with zero attached hydrogens (tertiary/aromatic N) is 1. The maximum Gasteiger partial charge on any atom is 0.272 e. The molecule has 0 aliphatic carbocycles. The Bertz CT molecular complexity index is 1440. The highest BCUT2D eigenvalue weighted by molar-refractivity contribution is 7.97. The summed E-state index contributed by atoms with van der Waals surface area (Å²) in [5.74, 6) is 1.87. The van der Waals surface area contributed by atoms with Crippen LogP contribution in [0.3, 0.4) is 0 Å². The zero-order valence-corrected chi connectivity index (χ0v) is 18.8. The van der Waals surface area contributed by atoms with Gasteiger partial charge in [0.15, 0.2) is 10.7 Å². The van der Waals surface area contributed by atoms with E-state index in [-0.39, 0.29) is 5.69 Å². The van der Waals surface area contributed by atoms with Gasteiger partial charge in [-0.2, -0.15) is 5.26 Å². The predicted molar refractivity (Wildman–Crippen MR) is 132 cm³/mol. The topological polar surface area (TPSA) is 88.4 Å². The second-order valence-electron chi connectivity index (χ2n) is 7.09. The molecule has 7 heteroatoms. The smallest absolute Gasteiger partial charge is 0.272 e. The molecule has 168 valence electrons. The van der Waals surface area contributed by atoms with Crippen LogP contribution in [0.2, 0.25) is 0 Å². The normalized spacial score (nSPS) is 11.3. The van der Waals surface area contributed by atoms with Crippen LogP contribution >= 0.6 is 0 Å². The van der Waals surface area contributed by atoms with Crippen molar-refractivity contribution in [2.75, 3.05) is 4.72 Å². The van der Waals surface area contributed by atoms with Crippen LogP contribution in [0.5, 0.6) is 23.0 Å². The van der Waals surface area contributed by atoms with E-state index in [1.807, 2.05) is 36.4 Å². The van der Waals surface area contributed by atoms with Gasteiger partial charge in [-0.25, -0.2) is 8.42 Å². The third-order valence-corrected chi connectivity index (χ3v) is 5.96. The molecule has 4 rings (SSSR count). The minimum absolute atomic E-state index is 0.210. The number of rotatable bonds is 8. The molecular weight excluding hydrogens is 448 g/mol. The van der Waals surface area contributed by atoms with Crippen molar-refractivity contribution < 1.29 is 17.9 Å². The Labute approximate surface area is 198 Å². The fraction of sp³-hybridized carbons (Fsp3) is 0. The summed E-state index contributed by atoms with van der Waals surface area (Å²) < 4.78 is 40.4. The Kier molecular flexibility index (Phi) is 6.92. The summed E-state index contributed by atoms with van der Waals surface area (Å²) in [5.41, 5.74) is 0.656. The summed E-state index contributed by atoms with van der Waals surface area (Å²) in [6.45, 7) is 0. The van der Waals surface area contributed by atoms with E-state index in [1.165, 1.54) is 6.08 Å². The van der Waals surface area contributed by atoms with Crippen LogP contribution in [0, 0.1) is 11.3 Å². The zero-order valence-electron chi connectivity index (χ0n) is 18.0. The number of hydrogen-bond acceptors (Lipinski definition) is 5. The van der Waals surface area contributed by atoms with E-state index in [4.69, 9.17) is 9.47 Å². The molecule has 0 amide bonds. The number of nitriles is 1. The average Bonchev–Trinajstić information content (AvgIpc) is 2.85. The minimum Gasteiger partial charge on any atom is -0.457 e. The van der Waals surface area contributed by atoms with Crippen molar-refractivity contribution in [1.82, 2.24) is 0 Å². The summed E-state index contributed by atoms with van der Waals surface area (Å²) in [6, 6.07) is 33.4. The lowest BCUT2D eigenvalue weighted by Crippen LogP contribution is -2.14. The van der Waals surface area contributed by atoms with Gasteiger partial charge in [-0.15, -0.1) is 0 Å². The molecule has 34 heavy (non-hydrogen) atoms. The van der Waals surface area contributed by atoms with Crippen molar-refractivity contribution in [2.24, 2.45) is 0 Å². The third kappa shape index (κ3) is 5.63. The van der Waals surface area contributed by atoms with Crippen LogP contribution in [0.1, 0.15) is 5.56 Å². The molecule has 0 saturated carbocycles. The van der Waals surface area contributed by atoms with Crippen molar-refractivity contribution in [3.8, 4) is 29.1 Å². The predicted octanol–water partition coefficient (Wildman–Crippen LogP) is 6.58. The highest BCUT2D eigenvalue weighted by atomic mass is 32.2. The Morgan fingerprint density at radius 1 is 0.706 bits per heavy atom. The van der Waals surface area contributed by atoms with Gasteiger partial charge in [0.25, 0.3) is 10.0 Å². The number of para-hydroxylation sites is 5. The van der Waals surface area contributed by atoms with E-state index in [0.29, 0.717) is 28.6 Å². The van der Waals surface area contributed by atoms with Crippen LogP contribution in [-0.4, -0.2) is 8.42 Å². The van der Waals surface area contributed by atoms with E-state index >= 15 is 0 Å². The number of anilines is 1. The van der Waals surface area contributed by atoms with Gasteiger partial charge in [-0.3, -0.25) is 4.72 Å². The molecule has 0 heterocycles. The summed E-state index contributed by atoms with van der Waals surface area (Å²) in [4.78, 5) is -0.467. The second kappa shape index (κ2) is 10.4. The third-order valence-electron chi connectivity index (χ3n) is 4.68. The highest BCUT2D eigenvalue weighted by Crippen LogP contribution is 2.32. The molecular formula is C27H20N2O4S. The van der Waals surface area contributed by atoms with E-state index < -0.39 is 14.9 Å². The number of allylic oxidation sites excluding steroid dienone is 1. The fourth-order valence-electron chi connectivity index (χ4n) is 3.07. The largest absolute Gasteiger partial charge is 0.457 e. The van der Waals surface area contributed by atoms with Gasteiger partial charge in [0.05, 0.1) is 5.69 Å². The maximum absolute atomic E-state index is 13.1. The first-order chi connectivity index (χ1) is 16.5. The van der Waals surface area contributed by atoms with Crippen LogP contribution in [-0.2, 0) is 10.0 Å². The van der Waals surface area contributed by atoms with Crippen LogP contribution < -0.4 is 14.2 Å². The first-order valence-electron chi connectivity index (χ1n) is 10.3. The van der Waals surface area contributed by atoms with Gasteiger partial charge in [-0.05, 0) is 48.5 Å². The highest BCUT2D eigenvalue weighted by Gasteiger charge is 2.20. The molecule has 0 aromatic heterocycles. The van der Waals surface area contributed by atoms with Crippen molar-refractivity contribution >= 4 is 21.8 Å². The number of ether oxygens (including phenoxy) is 2. The monoisotopic (exact) mass is 468 g/mol. The van der Waals surface area contributed by atoms with Gasteiger partial charge >= 0.3 is 0 Å². The number of nitrogens with one attached hydrogen (secondary N) is 1. The molecule has 6 nitrogen and oxygen atoms in total. The van der Waals surface area contributed by atoms with E-state index in [9.17, 15) is 13.7 Å². The van der Waals surface area contributed by atoms with Crippen molar-refractivity contribution in [1.29, 1.82) is 5.26 Å². The van der Waals surface area contributed by atoms with E-state index in [0.717, 1.165) is 0 Å². The molecule has 4 aromatic carbocycles.